The van der Waals surface area contributed by atoms with Crippen molar-refractivity contribution in [2.75, 3.05) is 31.1 Å². The van der Waals surface area contributed by atoms with Crippen molar-refractivity contribution in [2.24, 2.45) is 0 Å². The molecular formula is C15H16N6O5S. The van der Waals surface area contributed by atoms with Gasteiger partial charge < -0.3 is 9.42 Å². The van der Waals surface area contributed by atoms with Gasteiger partial charge in [0.15, 0.2) is 5.76 Å². The Hall–Kier alpha value is -3.04. The van der Waals surface area contributed by atoms with Gasteiger partial charge in [-0.05, 0) is 13.8 Å². The lowest BCUT2D eigenvalue weighted by Gasteiger charge is -2.34. The van der Waals surface area contributed by atoms with Crippen LogP contribution in [0.2, 0.25) is 0 Å². The fourth-order valence-electron chi connectivity index (χ4n) is 2.99. The minimum Gasteiger partial charge on any atom is -0.360 e. The normalized spacial score (nSPS) is 15.5. The molecule has 3 rings (SSSR count). The van der Waals surface area contributed by atoms with Crippen LogP contribution in [0, 0.1) is 35.3 Å². The zero-order valence-electron chi connectivity index (χ0n) is 14.6. The van der Waals surface area contributed by atoms with E-state index in [-0.39, 0.29) is 35.0 Å². The third-order valence-corrected chi connectivity index (χ3v) is 6.43. The molecule has 0 atom stereocenters. The summed E-state index contributed by atoms with van der Waals surface area (Å²) in [5.74, 6) is 0.538. The first kappa shape index (κ1) is 18.7. The number of nitro groups is 1. The molecule has 0 N–H and O–H groups in total. The number of piperazine rings is 1. The Bertz CT molecular complexity index is 1010. The lowest BCUT2D eigenvalue weighted by Crippen LogP contribution is -2.49. The summed E-state index contributed by atoms with van der Waals surface area (Å²) in [5.41, 5.74) is 0.111. The molecule has 1 aliphatic rings. The molecule has 11 nitrogen and oxygen atoms in total. The van der Waals surface area contributed by atoms with Crippen molar-refractivity contribution in [3.05, 3.63) is 39.4 Å². The van der Waals surface area contributed by atoms with Crippen LogP contribution in [-0.4, -0.2) is 54.0 Å². The van der Waals surface area contributed by atoms with Crippen LogP contribution >= 0.6 is 0 Å². The predicted octanol–water partition coefficient (Wildman–Crippen LogP) is 0.977. The van der Waals surface area contributed by atoms with Crippen LogP contribution in [0.1, 0.15) is 17.0 Å². The van der Waals surface area contributed by atoms with Crippen molar-refractivity contribution in [3.8, 4) is 6.07 Å². The molecular weight excluding hydrogens is 376 g/mol. The summed E-state index contributed by atoms with van der Waals surface area (Å²) in [6.07, 6.45) is 1.09. The van der Waals surface area contributed by atoms with Crippen molar-refractivity contribution >= 4 is 21.5 Å². The number of nitrogens with zero attached hydrogens (tertiary/aromatic N) is 6. The number of pyridine rings is 1. The molecule has 2 aromatic heterocycles. The molecule has 3 heterocycles. The molecule has 142 valence electrons. The van der Waals surface area contributed by atoms with E-state index in [1.54, 1.807) is 18.7 Å². The lowest BCUT2D eigenvalue weighted by molar-refractivity contribution is -0.385. The van der Waals surface area contributed by atoms with Gasteiger partial charge in [-0.2, -0.15) is 9.57 Å². The van der Waals surface area contributed by atoms with Gasteiger partial charge in [0.25, 0.3) is 5.69 Å². The standard InChI is InChI=1S/C15H16N6O5S/c1-10-14(11(2)26-18-10)27(24,25)20-5-3-19(4-6-20)15-12(8-16)7-13(9-17-15)21(22)23/h7,9H,3-6H2,1-2H3. The van der Waals surface area contributed by atoms with Gasteiger partial charge in [0, 0.05) is 32.2 Å². The number of aryl methyl sites for hydroxylation is 2. The topological polar surface area (TPSA) is 146 Å². The Kier molecular flexibility index (Phi) is 4.81. The highest BCUT2D eigenvalue weighted by Crippen LogP contribution is 2.27. The van der Waals surface area contributed by atoms with Crippen molar-refractivity contribution in [1.82, 2.24) is 14.4 Å². The average Bonchev–Trinajstić information content (AvgIpc) is 3.00. The summed E-state index contributed by atoms with van der Waals surface area (Å²) < 4.78 is 32.0. The molecule has 0 aromatic carbocycles. The maximum Gasteiger partial charge on any atom is 0.289 e. The number of hydrogen-bond acceptors (Lipinski definition) is 9. The molecule has 0 amide bonds. The third kappa shape index (κ3) is 3.34. The van der Waals surface area contributed by atoms with E-state index < -0.39 is 14.9 Å². The predicted molar refractivity (Wildman–Crippen MR) is 92.6 cm³/mol. The largest absolute Gasteiger partial charge is 0.360 e. The lowest BCUT2D eigenvalue weighted by atomic mass is 10.2. The Morgan fingerprint density at radius 1 is 1.30 bits per heavy atom. The second-order valence-electron chi connectivity index (χ2n) is 5.98. The summed E-state index contributed by atoms with van der Waals surface area (Å²) in [7, 11) is -3.74. The zero-order valence-corrected chi connectivity index (χ0v) is 15.4. The van der Waals surface area contributed by atoms with Crippen molar-refractivity contribution in [2.45, 2.75) is 18.7 Å². The quantitative estimate of drug-likeness (QED) is 0.548. The summed E-state index contributed by atoms with van der Waals surface area (Å²) in [6.45, 7) is 4.05. The van der Waals surface area contributed by atoms with Gasteiger partial charge in [0.1, 0.15) is 34.2 Å². The number of anilines is 1. The summed E-state index contributed by atoms with van der Waals surface area (Å²) >= 11 is 0. The van der Waals surface area contributed by atoms with Crippen LogP contribution in [0.4, 0.5) is 11.5 Å². The second kappa shape index (κ2) is 6.93. The molecule has 1 fully saturated rings. The van der Waals surface area contributed by atoms with E-state index in [9.17, 15) is 23.8 Å². The first-order valence-electron chi connectivity index (χ1n) is 7.98. The molecule has 0 spiro atoms. The maximum absolute atomic E-state index is 12.8. The van der Waals surface area contributed by atoms with Gasteiger partial charge in [-0.25, -0.2) is 13.4 Å². The molecule has 0 bridgehead atoms. The van der Waals surface area contributed by atoms with Gasteiger partial charge in [-0.15, -0.1) is 0 Å². The van der Waals surface area contributed by atoms with Crippen molar-refractivity contribution in [3.63, 3.8) is 0 Å². The molecule has 0 saturated carbocycles. The van der Waals surface area contributed by atoms with Gasteiger partial charge in [-0.1, -0.05) is 5.16 Å². The smallest absolute Gasteiger partial charge is 0.289 e. The number of nitriles is 1. The summed E-state index contributed by atoms with van der Waals surface area (Å²) in [6, 6.07) is 3.07. The van der Waals surface area contributed by atoms with E-state index in [1.807, 2.05) is 6.07 Å². The molecule has 1 saturated heterocycles. The fraction of sp³-hybridized carbons (Fsp3) is 0.400. The van der Waals surface area contributed by atoms with Crippen molar-refractivity contribution in [1.29, 1.82) is 5.26 Å². The highest BCUT2D eigenvalue weighted by atomic mass is 32.2. The molecule has 0 radical (unpaired) electrons. The Balaban J connectivity index is 1.80. The Morgan fingerprint density at radius 2 is 1.96 bits per heavy atom. The van der Waals surface area contributed by atoms with E-state index in [0.29, 0.717) is 24.6 Å². The van der Waals surface area contributed by atoms with Crippen LogP contribution in [0.15, 0.2) is 21.7 Å². The molecule has 2 aromatic rings. The van der Waals surface area contributed by atoms with Crippen LogP contribution in [0.3, 0.4) is 0 Å². The van der Waals surface area contributed by atoms with Crippen molar-refractivity contribution < 1.29 is 17.9 Å². The van der Waals surface area contributed by atoms with Crippen LogP contribution < -0.4 is 4.90 Å². The van der Waals surface area contributed by atoms with Gasteiger partial charge in [-0.3, -0.25) is 10.1 Å². The highest BCUT2D eigenvalue weighted by molar-refractivity contribution is 7.89. The van der Waals surface area contributed by atoms with Crippen LogP contribution in [-0.2, 0) is 10.0 Å². The number of aromatic nitrogens is 2. The zero-order chi connectivity index (χ0) is 19.8. The SMILES string of the molecule is Cc1noc(C)c1S(=O)(=O)N1CCN(c2ncc([N+](=O)[O-])cc2C#N)CC1. The van der Waals surface area contributed by atoms with E-state index in [1.165, 1.54) is 4.31 Å². The fourth-order valence-corrected chi connectivity index (χ4v) is 4.71. The molecule has 0 aliphatic carbocycles. The minimum absolute atomic E-state index is 0.0714. The Morgan fingerprint density at radius 3 is 2.48 bits per heavy atom. The number of rotatable bonds is 4. The summed E-state index contributed by atoms with van der Waals surface area (Å²) in [5, 5.41) is 23.8. The van der Waals surface area contributed by atoms with Gasteiger partial charge in [0.05, 0.1) is 4.92 Å². The summed E-state index contributed by atoms with van der Waals surface area (Å²) in [4.78, 5) is 16.1. The van der Waals surface area contributed by atoms with Gasteiger partial charge in [0.2, 0.25) is 10.0 Å². The first-order chi connectivity index (χ1) is 12.8. The van der Waals surface area contributed by atoms with E-state index in [0.717, 1.165) is 12.3 Å². The average molecular weight is 392 g/mol. The number of hydrogen-bond donors (Lipinski definition) is 0. The molecule has 1 aliphatic heterocycles. The van der Waals surface area contributed by atoms with E-state index in [4.69, 9.17) is 4.52 Å². The molecule has 0 unspecified atom stereocenters. The maximum atomic E-state index is 12.8. The minimum atomic E-state index is -3.74. The van der Waals surface area contributed by atoms with Crippen LogP contribution in [0.5, 0.6) is 0 Å². The van der Waals surface area contributed by atoms with Gasteiger partial charge >= 0.3 is 0 Å². The van der Waals surface area contributed by atoms with Crippen LogP contribution in [0.25, 0.3) is 0 Å². The van der Waals surface area contributed by atoms with E-state index in [2.05, 4.69) is 10.1 Å². The first-order valence-corrected chi connectivity index (χ1v) is 9.42. The highest BCUT2D eigenvalue weighted by Gasteiger charge is 2.34. The monoisotopic (exact) mass is 392 g/mol. The Labute approximate surface area is 155 Å². The molecule has 27 heavy (non-hydrogen) atoms. The second-order valence-corrected chi connectivity index (χ2v) is 7.85. The number of sulfonamides is 1. The van der Waals surface area contributed by atoms with E-state index >= 15 is 0 Å². The molecule has 12 heteroatoms. The third-order valence-electron chi connectivity index (χ3n) is 4.29.